The molecule has 0 aliphatic heterocycles. The number of methoxy groups -OCH3 is 1. The van der Waals surface area contributed by atoms with Gasteiger partial charge in [0.05, 0.1) is 7.11 Å². The van der Waals surface area contributed by atoms with Crippen molar-refractivity contribution >= 4 is 11.3 Å². The highest BCUT2D eigenvalue weighted by Crippen LogP contribution is 2.28. The molecule has 0 radical (unpaired) electrons. The lowest BCUT2D eigenvalue weighted by molar-refractivity contribution is 0.284. The minimum atomic E-state index is 0.576. The molecule has 0 saturated heterocycles. The van der Waals surface area contributed by atoms with Gasteiger partial charge < -0.3 is 14.8 Å². The molecule has 0 saturated carbocycles. The SMILES string of the molecule is CNCc1cc(COc2ccccc2OC)c(C)s1. The number of para-hydroxylation sites is 2. The van der Waals surface area contributed by atoms with Crippen LogP contribution in [0.1, 0.15) is 15.3 Å². The third kappa shape index (κ3) is 3.49. The van der Waals surface area contributed by atoms with E-state index in [1.54, 1.807) is 7.11 Å². The number of aryl methyl sites for hydroxylation is 1. The lowest BCUT2D eigenvalue weighted by atomic mass is 10.2. The molecule has 0 amide bonds. The van der Waals surface area contributed by atoms with E-state index in [2.05, 4.69) is 18.3 Å². The first kappa shape index (κ1) is 13.9. The number of nitrogens with one attached hydrogen (secondary N) is 1. The van der Waals surface area contributed by atoms with E-state index in [1.165, 1.54) is 15.3 Å². The maximum Gasteiger partial charge on any atom is 0.161 e. The zero-order valence-corrected chi connectivity index (χ0v) is 12.3. The molecule has 0 atom stereocenters. The lowest BCUT2D eigenvalue weighted by Gasteiger charge is -2.09. The normalized spacial score (nSPS) is 10.5. The zero-order chi connectivity index (χ0) is 13.7. The van der Waals surface area contributed by atoms with Crippen molar-refractivity contribution < 1.29 is 9.47 Å². The van der Waals surface area contributed by atoms with Crippen molar-refractivity contribution in [1.82, 2.24) is 5.32 Å². The molecule has 1 aromatic heterocycles. The number of ether oxygens (including phenoxy) is 2. The fourth-order valence-corrected chi connectivity index (χ4v) is 2.95. The van der Waals surface area contributed by atoms with Gasteiger partial charge in [0.2, 0.25) is 0 Å². The van der Waals surface area contributed by atoms with Crippen LogP contribution in [0.3, 0.4) is 0 Å². The van der Waals surface area contributed by atoms with Gasteiger partial charge in [-0.3, -0.25) is 0 Å². The lowest BCUT2D eigenvalue weighted by Crippen LogP contribution is -2.03. The summed E-state index contributed by atoms with van der Waals surface area (Å²) >= 11 is 1.81. The van der Waals surface area contributed by atoms with Crippen LogP contribution in [0.15, 0.2) is 30.3 Å². The van der Waals surface area contributed by atoms with Gasteiger partial charge in [0.1, 0.15) is 6.61 Å². The van der Waals surface area contributed by atoms with Crippen molar-refractivity contribution in [3.8, 4) is 11.5 Å². The van der Waals surface area contributed by atoms with Gasteiger partial charge in [-0.2, -0.15) is 0 Å². The van der Waals surface area contributed by atoms with Gasteiger partial charge in [-0.15, -0.1) is 11.3 Å². The highest BCUT2D eigenvalue weighted by Gasteiger charge is 2.08. The molecule has 1 heterocycles. The second-order valence-corrected chi connectivity index (χ2v) is 5.60. The number of hydrogen-bond donors (Lipinski definition) is 1. The quantitative estimate of drug-likeness (QED) is 0.878. The second kappa shape index (κ2) is 6.59. The third-order valence-electron chi connectivity index (χ3n) is 2.87. The Balaban J connectivity index is 2.05. The van der Waals surface area contributed by atoms with E-state index in [-0.39, 0.29) is 0 Å². The monoisotopic (exact) mass is 277 g/mol. The van der Waals surface area contributed by atoms with E-state index < -0.39 is 0 Å². The highest BCUT2D eigenvalue weighted by molar-refractivity contribution is 7.12. The van der Waals surface area contributed by atoms with Gasteiger partial charge >= 0.3 is 0 Å². The summed E-state index contributed by atoms with van der Waals surface area (Å²) in [6.07, 6.45) is 0. The maximum atomic E-state index is 5.85. The molecule has 0 aliphatic carbocycles. The van der Waals surface area contributed by atoms with Crippen LogP contribution in [0, 0.1) is 6.92 Å². The molecular formula is C15H19NO2S. The smallest absolute Gasteiger partial charge is 0.161 e. The Labute approximate surface area is 118 Å². The minimum absolute atomic E-state index is 0.576. The topological polar surface area (TPSA) is 30.5 Å². The van der Waals surface area contributed by atoms with E-state index in [0.29, 0.717) is 6.61 Å². The molecule has 0 bridgehead atoms. The Hall–Kier alpha value is -1.52. The molecule has 0 aliphatic rings. The largest absolute Gasteiger partial charge is 0.493 e. The molecule has 3 nitrogen and oxygen atoms in total. The Bertz CT molecular complexity index is 537. The van der Waals surface area contributed by atoms with Crippen LogP contribution in [0.4, 0.5) is 0 Å². The van der Waals surface area contributed by atoms with E-state index in [9.17, 15) is 0 Å². The Kier molecular flexibility index (Phi) is 4.82. The number of rotatable bonds is 6. The summed E-state index contributed by atoms with van der Waals surface area (Å²) in [5, 5.41) is 3.17. The van der Waals surface area contributed by atoms with Crippen molar-refractivity contribution in [3.63, 3.8) is 0 Å². The van der Waals surface area contributed by atoms with E-state index in [0.717, 1.165) is 18.0 Å². The van der Waals surface area contributed by atoms with Crippen LogP contribution in [0.25, 0.3) is 0 Å². The first-order valence-corrected chi connectivity index (χ1v) is 7.05. The minimum Gasteiger partial charge on any atom is -0.493 e. The number of hydrogen-bond acceptors (Lipinski definition) is 4. The molecule has 1 aromatic carbocycles. The van der Waals surface area contributed by atoms with Gasteiger partial charge in [-0.1, -0.05) is 12.1 Å². The van der Waals surface area contributed by atoms with Gasteiger partial charge in [0.15, 0.2) is 11.5 Å². The summed E-state index contributed by atoms with van der Waals surface area (Å²) in [5.74, 6) is 1.55. The molecule has 2 rings (SSSR count). The molecule has 102 valence electrons. The molecule has 1 N–H and O–H groups in total. The molecule has 2 aromatic rings. The highest BCUT2D eigenvalue weighted by atomic mass is 32.1. The Morgan fingerprint density at radius 2 is 1.95 bits per heavy atom. The average Bonchev–Trinajstić information content (AvgIpc) is 2.77. The van der Waals surface area contributed by atoms with Crippen molar-refractivity contribution in [2.75, 3.05) is 14.2 Å². The molecular weight excluding hydrogens is 258 g/mol. The first-order valence-electron chi connectivity index (χ1n) is 6.23. The van der Waals surface area contributed by atoms with Gasteiger partial charge in [0, 0.05) is 21.9 Å². The zero-order valence-electron chi connectivity index (χ0n) is 11.5. The number of benzene rings is 1. The predicted octanol–water partition coefficient (Wildman–Crippen LogP) is 3.36. The van der Waals surface area contributed by atoms with Crippen LogP contribution in [-0.4, -0.2) is 14.2 Å². The van der Waals surface area contributed by atoms with Crippen LogP contribution >= 0.6 is 11.3 Å². The van der Waals surface area contributed by atoms with E-state index in [4.69, 9.17) is 9.47 Å². The molecule has 19 heavy (non-hydrogen) atoms. The number of thiophene rings is 1. The average molecular weight is 277 g/mol. The van der Waals surface area contributed by atoms with E-state index >= 15 is 0 Å². The fraction of sp³-hybridized carbons (Fsp3) is 0.333. The fourth-order valence-electron chi connectivity index (χ4n) is 1.89. The van der Waals surface area contributed by atoms with Gasteiger partial charge in [-0.05, 0) is 32.2 Å². The van der Waals surface area contributed by atoms with Gasteiger partial charge in [0.25, 0.3) is 0 Å². The van der Waals surface area contributed by atoms with Crippen LogP contribution in [-0.2, 0) is 13.2 Å². The van der Waals surface area contributed by atoms with Crippen molar-refractivity contribution in [2.45, 2.75) is 20.1 Å². The first-order chi connectivity index (χ1) is 9.24. The third-order valence-corrected chi connectivity index (χ3v) is 3.97. The Morgan fingerprint density at radius 3 is 2.63 bits per heavy atom. The Morgan fingerprint density at radius 1 is 1.21 bits per heavy atom. The van der Waals surface area contributed by atoms with Crippen molar-refractivity contribution in [2.24, 2.45) is 0 Å². The van der Waals surface area contributed by atoms with Crippen molar-refractivity contribution in [1.29, 1.82) is 0 Å². The maximum absolute atomic E-state index is 5.85. The molecule has 4 heteroatoms. The summed E-state index contributed by atoms with van der Waals surface area (Å²) in [5.41, 5.74) is 1.24. The summed E-state index contributed by atoms with van der Waals surface area (Å²) in [4.78, 5) is 2.64. The second-order valence-electron chi connectivity index (χ2n) is 4.26. The van der Waals surface area contributed by atoms with Crippen LogP contribution in [0.5, 0.6) is 11.5 Å². The van der Waals surface area contributed by atoms with Crippen molar-refractivity contribution in [3.05, 3.63) is 45.6 Å². The van der Waals surface area contributed by atoms with Crippen LogP contribution in [0.2, 0.25) is 0 Å². The molecule has 0 spiro atoms. The molecule has 0 fully saturated rings. The summed E-state index contributed by atoms with van der Waals surface area (Å²) in [7, 11) is 3.61. The van der Waals surface area contributed by atoms with Crippen LogP contribution < -0.4 is 14.8 Å². The standard InChI is InChI=1S/C15H19NO2S/c1-11-12(8-13(19-11)9-16-2)10-18-15-7-5-4-6-14(15)17-3/h4-8,16H,9-10H2,1-3H3. The van der Waals surface area contributed by atoms with E-state index in [1.807, 2.05) is 42.6 Å². The summed E-state index contributed by atoms with van der Waals surface area (Å²) in [6.45, 7) is 3.61. The molecule has 0 unspecified atom stereocenters. The van der Waals surface area contributed by atoms with Gasteiger partial charge in [-0.25, -0.2) is 0 Å². The predicted molar refractivity (Wildman–Crippen MR) is 79.1 cm³/mol. The summed E-state index contributed by atoms with van der Waals surface area (Å²) < 4.78 is 11.1. The summed E-state index contributed by atoms with van der Waals surface area (Å²) in [6, 6.07) is 9.92.